The summed E-state index contributed by atoms with van der Waals surface area (Å²) >= 11 is 17.6. The summed E-state index contributed by atoms with van der Waals surface area (Å²) in [5, 5.41) is 0.876. The van der Waals surface area contributed by atoms with Crippen molar-refractivity contribution in [3.05, 3.63) is 27.2 Å². The van der Waals surface area contributed by atoms with Crippen molar-refractivity contribution in [2.45, 2.75) is 12.8 Å². The van der Waals surface area contributed by atoms with E-state index in [1.165, 1.54) is 24.1 Å². The molecule has 0 fully saturated rings. The molecule has 0 spiro atoms. The molecule has 0 N–H and O–H groups in total. The lowest BCUT2D eigenvalue weighted by Crippen LogP contribution is -2.32. The minimum Gasteiger partial charge on any atom is -0.482 e. The van der Waals surface area contributed by atoms with E-state index in [2.05, 4.69) is 4.74 Å². The Morgan fingerprint density at radius 3 is 2.41 bits per heavy atom. The number of nitrogens with zero attached hydrogens (tertiary/aromatic N) is 1. The summed E-state index contributed by atoms with van der Waals surface area (Å²) < 4.78 is 9.87. The van der Waals surface area contributed by atoms with Gasteiger partial charge in [-0.25, -0.2) is 0 Å². The van der Waals surface area contributed by atoms with Crippen LogP contribution in [0.15, 0.2) is 12.1 Å². The highest BCUT2D eigenvalue weighted by molar-refractivity contribution is 6.43. The number of hydrogen-bond donors (Lipinski definition) is 0. The van der Waals surface area contributed by atoms with E-state index in [4.69, 9.17) is 39.5 Å². The lowest BCUT2D eigenvalue weighted by molar-refractivity contribution is -0.141. The van der Waals surface area contributed by atoms with Crippen LogP contribution in [0.3, 0.4) is 0 Å². The maximum atomic E-state index is 11.9. The average Bonchev–Trinajstić information content (AvgIpc) is 2.48. The van der Waals surface area contributed by atoms with Crippen LogP contribution in [0.25, 0.3) is 0 Å². The number of benzene rings is 1. The van der Waals surface area contributed by atoms with Crippen molar-refractivity contribution in [1.82, 2.24) is 4.90 Å². The van der Waals surface area contributed by atoms with Gasteiger partial charge >= 0.3 is 5.97 Å². The van der Waals surface area contributed by atoms with Crippen LogP contribution in [0.5, 0.6) is 5.75 Å². The average molecular weight is 369 g/mol. The summed E-state index contributed by atoms with van der Waals surface area (Å²) in [7, 11) is 2.95. The second-order valence-corrected chi connectivity index (χ2v) is 5.70. The maximum Gasteiger partial charge on any atom is 0.305 e. The van der Waals surface area contributed by atoms with Crippen LogP contribution in [0.2, 0.25) is 15.1 Å². The summed E-state index contributed by atoms with van der Waals surface area (Å²) in [6.07, 6.45) is 0.774. The molecule has 0 aliphatic carbocycles. The van der Waals surface area contributed by atoms with Crippen molar-refractivity contribution >= 4 is 46.7 Å². The fourth-order valence-electron chi connectivity index (χ4n) is 1.55. The lowest BCUT2D eigenvalue weighted by atomic mass is 10.3. The molecule has 8 heteroatoms. The number of carbonyl (C=O) groups excluding carboxylic acids is 2. The summed E-state index contributed by atoms with van der Waals surface area (Å²) in [5.41, 5.74) is 0. The Morgan fingerprint density at radius 1 is 1.14 bits per heavy atom. The number of rotatable bonds is 7. The van der Waals surface area contributed by atoms with E-state index >= 15 is 0 Å². The quantitative estimate of drug-likeness (QED) is 0.546. The molecule has 0 bridgehead atoms. The third-order valence-electron chi connectivity index (χ3n) is 2.85. The van der Waals surface area contributed by atoms with Gasteiger partial charge in [-0.1, -0.05) is 34.8 Å². The summed E-state index contributed by atoms with van der Waals surface area (Å²) in [5.74, 6) is -0.265. The number of carbonyl (C=O) groups is 2. The number of ether oxygens (including phenoxy) is 2. The molecule has 0 atom stereocenters. The highest BCUT2D eigenvalue weighted by Gasteiger charge is 2.13. The zero-order valence-corrected chi connectivity index (χ0v) is 14.5. The third-order valence-corrected chi connectivity index (χ3v) is 3.87. The van der Waals surface area contributed by atoms with Crippen molar-refractivity contribution in [2.24, 2.45) is 0 Å². The fourth-order valence-corrected chi connectivity index (χ4v) is 2.14. The first-order valence-corrected chi connectivity index (χ1v) is 7.56. The highest BCUT2D eigenvalue weighted by atomic mass is 35.5. The molecular formula is C14H16Cl3NO4. The molecule has 0 saturated heterocycles. The van der Waals surface area contributed by atoms with Gasteiger partial charge in [-0.3, -0.25) is 9.59 Å². The monoisotopic (exact) mass is 367 g/mol. The van der Waals surface area contributed by atoms with Gasteiger partial charge in [0.05, 0.1) is 22.2 Å². The van der Waals surface area contributed by atoms with E-state index in [0.717, 1.165) is 0 Å². The van der Waals surface area contributed by atoms with Crippen LogP contribution in [-0.2, 0) is 14.3 Å². The maximum absolute atomic E-state index is 11.9. The molecule has 0 radical (unpaired) electrons. The summed E-state index contributed by atoms with van der Waals surface area (Å²) in [6.45, 7) is 0.235. The molecule has 0 saturated carbocycles. The predicted molar refractivity (Wildman–Crippen MR) is 85.9 cm³/mol. The predicted octanol–water partition coefficient (Wildman–Crippen LogP) is 3.44. The van der Waals surface area contributed by atoms with Crippen molar-refractivity contribution in [2.75, 3.05) is 27.3 Å². The van der Waals surface area contributed by atoms with Crippen LogP contribution in [-0.4, -0.2) is 44.1 Å². The topological polar surface area (TPSA) is 55.8 Å². The van der Waals surface area contributed by atoms with E-state index in [1.807, 2.05) is 0 Å². The van der Waals surface area contributed by atoms with Gasteiger partial charge in [-0.15, -0.1) is 0 Å². The van der Waals surface area contributed by atoms with E-state index in [-0.39, 0.29) is 35.7 Å². The third kappa shape index (κ3) is 5.91. The van der Waals surface area contributed by atoms with Crippen LogP contribution in [0.1, 0.15) is 12.8 Å². The van der Waals surface area contributed by atoms with Crippen molar-refractivity contribution in [3.8, 4) is 5.75 Å². The van der Waals surface area contributed by atoms with Gasteiger partial charge in [-0.05, 0) is 12.5 Å². The molecule has 0 aliphatic heterocycles. The second kappa shape index (κ2) is 9.08. The smallest absolute Gasteiger partial charge is 0.305 e. The Kier molecular flexibility index (Phi) is 7.79. The summed E-state index contributed by atoms with van der Waals surface area (Å²) in [4.78, 5) is 24.4. The number of methoxy groups -OCH3 is 1. The van der Waals surface area contributed by atoms with Crippen molar-refractivity contribution in [1.29, 1.82) is 0 Å². The molecule has 122 valence electrons. The van der Waals surface area contributed by atoms with E-state index in [0.29, 0.717) is 23.0 Å². The molecule has 1 aromatic rings. The van der Waals surface area contributed by atoms with Gasteiger partial charge < -0.3 is 14.4 Å². The van der Waals surface area contributed by atoms with E-state index in [9.17, 15) is 9.59 Å². The van der Waals surface area contributed by atoms with Gasteiger partial charge in [0.1, 0.15) is 5.75 Å². The van der Waals surface area contributed by atoms with Gasteiger partial charge in [0.2, 0.25) is 0 Å². The van der Waals surface area contributed by atoms with E-state index in [1.54, 1.807) is 7.05 Å². The summed E-state index contributed by atoms with van der Waals surface area (Å²) in [6, 6.07) is 2.90. The Morgan fingerprint density at radius 2 is 1.77 bits per heavy atom. The number of halogens is 3. The van der Waals surface area contributed by atoms with E-state index < -0.39 is 0 Å². The second-order valence-electron chi connectivity index (χ2n) is 4.48. The number of likely N-dealkylation sites (N-methyl/N-ethyl adjacent to an activating group) is 1. The number of esters is 1. The molecule has 1 rings (SSSR count). The molecule has 1 aromatic carbocycles. The zero-order chi connectivity index (χ0) is 16.7. The first kappa shape index (κ1) is 18.9. The Hall–Kier alpha value is -1.17. The zero-order valence-electron chi connectivity index (χ0n) is 12.2. The molecule has 0 aromatic heterocycles. The minimum atomic E-state index is -0.306. The molecular weight excluding hydrogens is 353 g/mol. The van der Waals surface area contributed by atoms with Gasteiger partial charge in [0.15, 0.2) is 6.61 Å². The van der Waals surface area contributed by atoms with Crippen LogP contribution in [0.4, 0.5) is 0 Å². The molecule has 0 unspecified atom stereocenters. The van der Waals surface area contributed by atoms with Crippen molar-refractivity contribution < 1.29 is 19.1 Å². The van der Waals surface area contributed by atoms with Crippen LogP contribution >= 0.6 is 34.8 Å². The van der Waals surface area contributed by atoms with Crippen LogP contribution < -0.4 is 4.74 Å². The molecule has 0 aliphatic rings. The molecule has 22 heavy (non-hydrogen) atoms. The highest BCUT2D eigenvalue weighted by Crippen LogP contribution is 2.33. The molecule has 0 heterocycles. The normalized spacial score (nSPS) is 10.2. The fraction of sp³-hybridized carbons (Fsp3) is 0.429. The van der Waals surface area contributed by atoms with Crippen molar-refractivity contribution in [3.63, 3.8) is 0 Å². The standard InChI is InChI=1S/C14H16Cl3NO4/c1-18(5-3-4-14(20)21-2)13(19)8-22-12-7-10(16)9(15)6-11(12)17/h6-7H,3-5,8H2,1-2H3. The first-order valence-electron chi connectivity index (χ1n) is 6.43. The van der Waals surface area contributed by atoms with Gasteiger partial charge in [0, 0.05) is 26.1 Å². The Balaban J connectivity index is 2.45. The first-order chi connectivity index (χ1) is 10.3. The number of hydrogen-bond acceptors (Lipinski definition) is 4. The minimum absolute atomic E-state index is 0.188. The van der Waals surface area contributed by atoms with Crippen LogP contribution in [0, 0.1) is 0 Å². The van der Waals surface area contributed by atoms with Gasteiger partial charge in [0.25, 0.3) is 5.91 Å². The largest absolute Gasteiger partial charge is 0.482 e. The number of amides is 1. The Bertz CT molecular complexity index is 551. The lowest BCUT2D eigenvalue weighted by Gasteiger charge is -2.17. The molecule has 1 amide bonds. The van der Waals surface area contributed by atoms with Gasteiger partial charge in [-0.2, -0.15) is 0 Å². The Labute approximate surface area is 144 Å². The molecule has 5 nitrogen and oxygen atoms in total. The SMILES string of the molecule is COC(=O)CCCN(C)C(=O)COc1cc(Cl)c(Cl)cc1Cl.